The van der Waals surface area contributed by atoms with Crippen molar-refractivity contribution in [2.45, 2.75) is 6.54 Å². The number of nitrogens with one attached hydrogen (secondary N) is 1. The quantitative estimate of drug-likeness (QED) is 0.707. The molecule has 2 aliphatic heterocycles. The van der Waals surface area contributed by atoms with Gasteiger partial charge in [0, 0.05) is 45.4 Å². The minimum atomic E-state index is -0.532. The van der Waals surface area contributed by atoms with Crippen molar-refractivity contribution in [3.63, 3.8) is 0 Å². The van der Waals surface area contributed by atoms with Gasteiger partial charge in [0.05, 0.1) is 6.54 Å². The number of hydrogen-bond donors (Lipinski definition) is 1. The summed E-state index contributed by atoms with van der Waals surface area (Å²) in [5.41, 5.74) is 1.96. The Morgan fingerprint density at radius 3 is 1.74 bits per heavy atom. The molecule has 0 saturated heterocycles. The maximum Gasteiger partial charge on any atom is 0.261 e. The Labute approximate surface area is 152 Å². The third-order valence-electron chi connectivity index (χ3n) is 4.92. The molecule has 0 fully saturated rings. The molecule has 0 saturated carbocycles. The molecule has 0 bridgehead atoms. The van der Waals surface area contributed by atoms with E-state index in [2.05, 4.69) is 10.3 Å². The molecule has 0 atom stereocenters. The molecule has 0 radical (unpaired) electrons. The Balaban J connectivity index is 1.73. The largest absolute Gasteiger partial charge is 0.288 e. The second-order valence-corrected chi connectivity index (χ2v) is 6.41. The number of aromatic nitrogens is 1. The van der Waals surface area contributed by atoms with E-state index in [1.807, 2.05) is 0 Å². The average molecular weight is 357 g/mol. The molecule has 7 nitrogen and oxygen atoms in total. The standard InChI is InChI=1S/C20H11N3O4/c24-17-11-1-3-13-16-14(4-2-12(15(11)16)18(25)22-17)20(27)23(19(13)26)9-10-5-7-21-8-6-10/h1-8H,9H2,(H,22,24,25). The summed E-state index contributed by atoms with van der Waals surface area (Å²) >= 11 is 0. The highest BCUT2D eigenvalue weighted by Gasteiger charge is 2.36. The highest BCUT2D eigenvalue weighted by Crippen LogP contribution is 2.36. The van der Waals surface area contributed by atoms with Gasteiger partial charge >= 0.3 is 0 Å². The van der Waals surface area contributed by atoms with E-state index in [4.69, 9.17) is 0 Å². The molecule has 2 aliphatic rings. The monoisotopic (exact) mass is 357 g/mol. The van der Waals surface area contributed by atoms with Gasteiger partial charge in [-0.2, -0.15) is 0 Å². The van der Waals surface area contributed by atoms with E-state index in [0.29, 0.717) is 21.9 Å². The summed E-state index contributed by atoms with van der Waals surface area (Å²) in [5, 5.41) is 3.00. The van der Waals surface area contributed by atoms with Crippen LogP contribution < -0.4 is 5.32 Å². The lowest BCUT2D eigenvalue weighted by molar-refractivity contribution is 0.0596. The van der Waals surface area contributed by atoms with Gasteiger partial charge in [-0.15, -0.1) is 0 Å². The molecule has 3 aromatic rings. The van der Waals surface area contributed by atoms with E-state index in [9.17, 15) is 19.2 Å². The lowest BCUT2D eigenvalue weighted by Crippen LogP contribution is -2.41. The van der Waals surface area contributed by atoms with Crippen LogP contribution in [0.1, 0.15) is 47.0 Å². The first-order chi connectivity index (χ1) is 13.1. The van der Waals surface area contributed by atoms with Gasteiger partial charge in [-0.1, -0.05) is 0 Å². The number of benzene rings is 2. The van der Waals surface area contributed by atoms with E-state index in [-0.39, 0.29) is 17.7 Å². The molecule has 0 unspecified atom stereocenters. The fraction of sp³-hybridized carbons (Fsp3) is 0.0500. The average Bonchev–Trinajstić information content (AvgIpc) is 2.68. The molecule has 0 aliphatic carbocycles. The second kappa shape index (κ2) is 5.31. The minimum absolute atomic E-state index is 0.115. The van der Waals surface area contributed by atoms with Crippen LogP contribution in [-0.2, 0) is 6.54 Å². The highest BCUT2D eigenvalue weighted by molar-refractivity contribution is 6.33. The molecule has 130 valence electrons. The third kappa shape index (κ3) is 2.05. The van der Waals surface area contributed by atoms with Crippen LogP contribution in [0.2, 0.25) is 0 Å². The molecular formula is C20H11N3O4. The number of imide groups is 2. The van der Waals surface area contributed by atoms with Crippen LogP contribution in [0.15, 0.2) is 48.8 Å². The van der Waals surface area contributed by atoms with Gasteiger partial charge in [0.25, 0.3) is 23.6 Å². The van der Waals surface area contributed by atoms with Gasteiger partial charge in [0.1, 0.15) is 0 Å². The Kier molecular flexibility index (Phi) is 3.03. The molecule has 27 heavy (non-hydrogen) atoms. The fourth-order valence-electron chi connectivity index (χ4n) is 3.67. The van der Waals surface area contributed by atoms with Crippen LogP contribution in [0, 0.1) is 0 Å². The van der Waals surface area contributed by atoms with Crippen molar-refractivity contribution < 1.29 is 19.2 Å². The van der Waals surface area contributed by atoms with Crippen LogP contribution in [0.25, 0.3) is 10.8 Å². The third-order valence-corrected chi connectivity index (χ3v) is 4.92. The lowest BCUT2D eigenvalue weighted by atomic mass is 9.86. The second-order valence-electron chi connectivity index (χ2n) is 6.41. The predicted octanol–water partition coefficient (Wildman–Crippen LogP) is 1.91. The van der Waals surface area contributed by atoms with E-state index >= 15 is 0 Å². The van der Waals surface area contributed by atoms with Gasteiger partial charge in [0.15, 0.2) is 0 Å². The fourth-order valence-corrected chi connectivity index (χ4v) is 3.67. The first-order valence-corrected chi connectivity index (χ1v) is 8.27. The number of pyridine rings is 1. The number of carbonyl (C=O) groups excluding carboxylic acids is 4. The first kappa shape index (κ1) is 15.4. The normalized spacial score (nSPS) is 15.3. The van der Waals surface area contributed by atoms with Gasteiger partial charge < -0.3 is 0 Å². The maximum atomic E-state index is 13.0. The molecule has 0 spiro atoms. The zero-order valence-electron chi connectivity index (χ0n) is 13.9. The predicted molar refractivity (Wildman–Crippen MR) is 94.2 cm³/mol. The molecule has 2 aromatic carbocycles. The maximum absolute atomic E-state index is 13.0. The van der Waals surface area contributed by atoms with Crippen molar-refractivity contribution in [1.29, 1.82) is 0 Å². The van der Waals surface area contributed by atoms with E-state index in [1.165, 1.54) is 29.2 Å². The smallest absolute Gasteiger partial charge is 0.261 e. The number of rotatable bonds is 2. The van der Waals surface area contributed by atoms with Crippen molar-refractivity contribution in [3.8, 4) is 0 Å². The number of hydrogen-bond acceptors (Lipinski definition) is 5. The SMILES string of the molecule is O=C1NC(=O)c2ccc3c4c(ccc1c24)C(=O)N(Cc1ccncc1)C3=O. The summed E-state index contributed by atoms with van der Waals surface area (Å²) in [4.78, 5) is 55.5. The molecule has 5 rings (SSSR count). The minimum Gasteiger partial charge on any atom is -0.288 e. The van der Waals surface area contributed by atoms with Crippen molar-refractivity contribution in [2.75, 3.05) is 0 Å². The van der Waals surface area contributed by atoms with Gasteiger partial charge in [-0.25, -0.2) is 0 Å². The molecule has 1 N–H and O–H groups in total. The van der Waals surface area contributed by atoms with Gasteiger partial charge in [-0.05, 0) is 42.0 Å². The van der Waals surface area contributed by atoms with Crippen LogP contribution in [0.3, 0.4) is 0 Å². The molecular weight excluding hydrogens is 346 g/mol. The Morgan fingerprint density at radius 2 is 1.19 bits per heavy atom. The Bertz CT molecular complexity index is 1130. The number of amides is 4. The highest BCUT2D eigenvalue weighted by atomic mass is 16.2. The van der Waals surface area contributed by atoms with Gasteiger partial charge in [0.2, 0.25) is 0 Å². The molecule has 7 heteroatoms. The molecule has 3 heterocycles. The summed E-state index contributed by atoms with van der Waals surface area (Å²) in [6.45, 7) is 0.115. The van der Waals surface area contributed by atoms with Crippen LogP contribution >= 0.6 is 0 Å². The summed E-state index contributed by atoms with van der Waals surface area (Å²) in [6, 6.07) is 9.58. The van der Waals surface area contributed by atoms with E-state index < -0.39 is 23.6 Å². The lowest BCUT2D eigenvalue weighted by Gasteiger charge is -2.29. The van der Waals surface area contributed by atoms with Crippen molar-refractivity contribution >= 4 is 34.4 Å². The topological polar surface area (TPSA) is 96.4 Å². The zero-order valence-corrected chi connectivity index (χ0v) is 13.9. The van der Waals surface area contributed by atoms with Crippen molar-refractivity contribution in [1.82, 2.24) is 15.2 Å². The molecule has 1 aromatic heterocycles. The Morgan fingerprint density at radius 1 is 0.704 bits per heavy atom. The van der Waals surface area contributed by atoms with Crippen molar-refractivity contribution in [2.24, 2.45) is 0 Å². The van der Waals surface area contributed by atoms with Crippen LogP contribution in [0.5, 0.6) is 0 Å². The first-order valence-electron chi connectivity index (χ1n) is 8.27. The van der Waals surface area contributed by atoms with E-state index in [1.54, 1.807) is 24.5 Å². The Hall–Kier alpha value is -3.87. The number of carbonyl (C=O) groups is 4. The van der Waals surface area contributed by atoms with Crippen LogP contribution in [0.4, 0.5) is 0 Å². The summed E-state index contributed by atoms with van der Waals surface area (Å²) in [6.07, 6.45) is 3.19. The number of nitrogens with zero attached hydrogens (tertiary/aromatic N) is 2. The van der Waals surface area contributed by atoms with Crippen molar-refractivity contribution in [3.05, 3.63) is 76.6 Å². The zero-order chi connectivity index (χ0) is 18.7. The van der Waals surface area contributed by atoms with Gasteiger partial charge in [-0.3, -0.25) is 34.4 Å². The van der Waals surface area contributed by atoms with Crippen LogP contribution in [-0.4, -0.2) is 33.5 Å². The summed E-state index contributed by atoms with van der Waals surface area (Å²) in [7, 11) is 0. The summed E-state index contributed by atoms with van der Waals surface area (Å²) in [5.74, 6) is -1.97. The van der Waals surface area contributed by atoms with E-state index in [0.717, 1.165) is 5.56 Å². The summed E-state index contributed by atoms with van der Waals surface area (Å²) < 4.78 is 0. The molecule has 4 amide bonds.